The molecule has 2 heterocycles. The van der Waals surface area contributed by atoms with Gasteiger partial charge in [0.15, 0.2) is 0 Å². The summed E-state index contributed by atoms with van der Waals surface area (Å²) in [6, 6.07) is 4.78. The lowest BCUT2D eigenvalue weighted by Gasteiger charge is -2.33. The summed E-state index contributed by atoms with van der Waals surface area (Å²) >= 11 is 1.66. The van der Waals surface area contributed by atoms with Crippen LogP contribution in [-0.4, -0.2) is 27.6 Å². The van der Waals surface area contributed by atoms with Crippen LogP contribution < -0.4 is 0 Å². The van der Waals surface area contributed by atoms with Crippen LogP contribution in [0, 0.1) is 5.92 Å². The van der Waals surface area contributed by atoms with Crippen molar-refractivity contribution in [2.24, 2.45) is 5.92 Å². The maximum absolute atomic E-state index is 5.52. The molecule has 0 spiro atoms. The predicted molar refractivity (Wildman–Crippen MR) is 87.6 cm³/mol. The minimum absolute atomic E-state index is 0.714. The highest BCUT2D eigenvalue weighted by Gasteiger charge is 2.30. The summed E-state index contributed by atoms with van der Waals surface area (Å²) < 4.78 is 5.52. The van der Waals surface area contributed by atoms with E-state index >= 15 is 0 Å². The molecule has 2 fully saturated rings. The van der Waals surface area contributed by atoms with E-state index in [4.69, 9.17) is 4.52 Å². The van der Waals surface area contributed by atoms with E-state index in [2.05, 4.69) is 15.0 Å². The van der Waals surface area contributed by atoms with Crippen molar-refractivity contribution >= 4 is 11.3 Å². The van der Waals surface area contributed by atoms with Crippen molar-refractivity contribution in [3.63, 3.8) is 0 Å². The molecule has 2 aliphatic carbocycles. The van der Waals surface area contributed by atoms with Gasteiger partial charge in [0.05, 0.1) is 11.4 Å². The highest BCUT2D eigenvalue weighted by Crippen LogP contribution is 2.33. The van der Waals surface area contributed by atoms with Gasteiger partial charge in [0.1, 0.15) is 0 Å². The lowest BCUT2D eigenvalue weighted by molar-refractivity contribution is 0.126. The smallest absolute Gasteiger partial charge is 0.241 e. The van der Waals surface area contributed by atoms with Crippen LogP contribution in [0.4, 0.5) is 0 Å². The van der Waals surface area contributed by atoms with Crippen LogP contribution in [0.25, 0.3) is 10.7 Å². The molecule has 0 aromatic carbocycles. The molecule has 2 saturated carbocycles. The molecule has 5 heteroatoms. The lowest BCUT2D eigenvalue weighted by atomic mass is 9.94. The predicted octanol–water partition coefficient (Wildman–Crippen LogP) is 4.34. The Morgan fingerprint density at radius 2 is 2.05 bits per heavy atom. The van der Waals surface area contributed by atoms with Crippen LogP contribution in [0.3, 0.4) is 0 Å². The van der Waals surface area contributed by atoms with Gasteiger partial charge < -0.3 is 4.52 Å². The highest BCUT2D eigenvalue weighted by atomic mass is 32.1. The molecule has 2 aromatic rings. The van der Waals surface area contributed by atoms with Gasteiger partial charge in [0.2, 0.25) is 11.7 Å². The summed E-state index contributed by atoms with van der Waals surface area (Å²) in [5.41, 5.74) is 0. The molecule has 0 saturated heterocycles. The van der Waals surface area contributed by atoms with Crippen LogP contribution >= 0.6 is 11.3 Å². The maximum Gasteiger partial charge on any atom is 0.241 e. The molecule has 0 amide bonds. The molecular weight excluding hydrogens is 294 g/mol. The number of thiophene rings is 1. The summed E-state index contributed by atoms with van der Waals surface area (Å²) in [5, 5.41) is 6.20. The largest absolute Gasteiger partial charge is 0.338 e. The Balaban J connectivity index is 1.45. The van der Waals surface area contributed by atoms with Gasteiger partial charge in [-0.15, -0.1) is 11.3 Å². The Morgan fingerprint density at radius 1 is 1.18 bits per heavy atom. The Labute approximate surface area is 135 Å². The Hall–Kier alpha value is -1.20. The van der Waals surface area contributed by atoms with Crippen molar-refractivity contribution in [1.82, 2.24) is 15.0 Å². The first-order valence-corrected chi connectivity index (χ1v) is 9.37. The van der Waals surface area contributed by atoms with Crippen molar-refractivity contribution in [3.8, 4) is 10.7 Å². The van der Waals surface area contributed by atoms with Gasteiger partial charge in [-0.05, 0) is 43.0 Å². The van der Waals surface area contributed by atoms with Crippen molar-refractivity contribution in [2.75, 3.05) is 6.54 Å². The van der Waals surface area contributed by atoms with Crippen molar-refractivity contribution < 1.29 is 4.52 Å². The van der Waals surface area contributed by atoms with Crippen LogP contribution in [0.1, 0.15) is 50.8 Å². The molecular formula is C17H23N3OS. The van der Waals surface area contributed by atoms with Gasteiger partial charge in [-0.2, -0.15) is 4.98 Å². The second-order valence-corrected chi connectivity index (χ2v) is 7.60. The summed E-state index contributed by atoms with van der Waals surface area (Å²) in [6.07, 6.45) is 9.60. The normalized spacial score (nSPS) is 19.9. The molecule has 0 unspecified atom stereocenters. The molecule has 118 valence electrons. The van der Waals surface area contributed by atoms with E-state index < -0.39 is 0 Å². The van der Waals surface area contributed by atoms with Gasteiger partial charge in [-0.1, -0.05) is 30.5 Å². The summed E-state index contributed by atoms with van der Waals surface area (Å²) in [5.74, 6) is 2.41. The fourth-order valence-electron chi connectivity index (χ4n) is 3.42. The third-order valence-electron chi connectivity index (χ3n) is 4.83. The first kappa shape index (κ1) is 14.4. The summed E-state index contributed by atoms with van der Waals surface area (Å²) in [7, 11) is 0. The number of hydrogen-bond donors (Lipinski definition) is 0. The molecule has 0 radical (unpaired) electrons. The third kappa shape index (κ3) is 3.41. The third-order valence-corrected chi connectivity index (χ3v) is 5.69. The molecule has 0 aliphatic heterocycles. The zero-order valence-corrected chi connectivity index (χ0v) is 13.7. The minimum Gasteiger partial charge on any atom is -0.338 e. The molecule has 4 rings (SSSR count). The molecule has 0 bridgehead atoms. The van der Waals surface area contributed by atoms with E-state index in [0.717, 1.165) is 29.1 Å². The fraction of sp³-hybridized carbons (Fsp3) is 0.647. The van der Waals surface area contributed by atoms with E-state index in [0.29, 0.717) is 6.04 Å². The zero-order valence-electron chi connectivity index (χ0n) is 12.9. The van der Waals surface area contributed by atoms with Crippen LogP contribution in [0.5, 0.6) is 0 Å². The Morgan fingerprint density at radius 3 is 2.77 bits per heavy atom. The molecule has 0 N–H and O–H groups in total. The van der Waals surface area contributed by atoms with Gasteiger partial charge in [-0.3, -0.25) is 4.90 Å². The van der Waals surface area contributed by atoms with Crippen LogP contribution in [0.15, 0.2) is 22.0 Å². The molecule has 2 aromatic heterocycles. The van der Waals surface area contributed by atoms with E-state index in [9.17, 15) is 0 Å². The fourth-order valence-corrected chi connectivity index (χ4v) is 4.07. The Kier molecular flexibility index (Phi) is 4.26. The van der Waals surface area contributed by atoms with Crippen LogP contribution in [-0.2, 0) is 6.54 Å². The van der Waals surface area contributed by atoms with E-state index in [1.807, 2.05) is 17.5 Å². The zero-order chi connectivity index (χ0) is 14.8. The van der Waals surface area contributed by atoms with Gasteiger partial charge >= 0.3 is 0 Å². The van der Waals surface area contributed by atoms with Gasteiger partial charge in [0, 0.05) is 12.6 Å². The van der Waals surface area contributed by atoms with Gasteiger partial charge in [0.25, 0.3) is 0 Å². The van der Waals surface area contributed by atoms with E-state index in [-0.39, 0.29) is 0 Å². The topological polar surface area (TPSA) is 42.2 Å². The maximum atomic E-state index is 5.52. The first-order chi connectivity index (χ1) is 10.9. The van der Waals surface area contributed by atoms with Crippen LogP contribution in [0.2, 0.25) is 0 Å². The van der Waals surface area contributed by atoms with E-state index in [1.165, 1.54) is 51.5 Å². The van der Waals surface area contributed by atoms with Crippen molar-refractivity contribution in [3.05, 3.63) is 23.4 Å². The second kappa shape index (κ2) is 6.50. The quantitative estimate of drug-likeness (QED) is 0.794. The SMILES string of the molecule is c1csc(-c2noc(CN(CC3CC3)C3CCCCC3)n2)c1. The molecule has 22 heavy (non-hydrogen) atoms. The monoisotopic (exact) mass is 317 g/mol. The highest BCUT2D eigenvalue weighted by molar-refractivity contribution is 7.13. The van der Waals surface area contributed by atoms with Crippen molar-refractivity contribution in [2.45, 2.75) is 57.5 Å². The summed E-state index contributed by atoms with van der Waals surface area (Å²) in [4.78, 5) is 8.30. The molecule has 4 nitrogen and oxygen atoms in total. The number of nitrogens with zero attached hydrogens (tertiary/aromatic N) is 3. The summed E-state index contributed by atoms with van der Waals surface area (Å²) in [6.45, 7) is 2.03. The first-order valence-electron chi connectivity index (χ1n) is 8.49. The van der Waals surface area contributed by atoms with Crippen molar-refractivity contribution in [1.29, 1.82) is 0 Å². The van der Waals surface area contributed by atoms with Gasteiger partial charge in [-0.25, -0.2) is 0 Å². The minimum atomic E-state index is 0.714. The second-order valence-electron chi connectivity index (χ2n) is 6.65. The number of rotatable bonds is 6. The Bertz CT molecular complexity index is 585. The van der Waals surface area contributed by atoms with E-state index in [1.54, 1.807) is 11.3 Å². The average molecular weight is 317 g/mol. The average Bonchev–Trinajstić information content (AvgIpc) is 3.04. The standard InChI is InChI=1S/C17H23N3OS/c1-2-5-14(6-3-1)20(11-13-8-9-13)12-16-18-17(19-21-16)15-7-4-10-22-15/h4,7,10,13-14H,1-3,5-6,8-9,11-12H2. The molecule has 0 atom stereocenters. The number of aromatic nitrogens is 2. The number of hydrogen-bond acceptors (Lipinski definition) is 5. The lowest BCUT2D eigenvalue weighted by Crippen LogP contribution is -2.37. The molecule has 2 aliphatic rings.